The summed E-state index contributed by atoms with van der Waals surface area (Å²) in [7, 11) is 0. The van der Waals surface area contributed by atoms with Crippen LogP contribution in [0.15, 0.2) is 36.4 Å². The number of hydrogen-bond donors (Lipinski definition) is 2. The van der Waals surface area contributed by atoms with Gasteiger partial charge >= 0.3 is 5.97 Å². The van der Waals surface area contributed by atoms with Crippen LogP contribution in [0.1, 0.15) is 77.8 Å². The third-order valence-electron chi connectivity index (χ3n) is 6.13. The summed E-state index contributed by atoms with van der Waals surface area (Å²) in [5, 5.41) is 30.0. The number of hydrogen-bond acceptors (Lipinski definition) is 4. The number of phenolic OH excluding ortho intramolecular Hbond substituents is 1. The first-order valence-corrected chi connectivity index (χ1v) is 12.0. The Morgan fingerprint density at radius 1 is 1.00 bits per heavy atom. The molecule has 1 heterocycles. The smallest absolute Gasteiger partial charge is 0.306 e. The number of carboxylic acid groups (broad SMARTS) is 1. The van der Waals surface area contributed by atoms with Crippen molar-refractivity contribution in [2.24, 2.45) is 11.8 Å². The molecule has 2 N–H and O–H groups in total. The van der Waals surface area contributed by atoms with Gasteiger partial charge in [0.2, 0.25) is 0 Å². The third-order valence-corrected chi connectivity index (χ3v) is 6.13. The van der Waals surface area contributed by atoms with Gasteiger partial charge in [-0.25, -0.2) is 0 Å². The molecule has 0 bridgehead atoms. The fraction of sp³-hybridized carbons (Fsp3) is 0.519. The average molecular weight is 452 g/mol. The molecule has 6 heteroatoms. The zero-order valence-corrected chi connectivity index (χ0v) is 20.5. The van der Waals surface area contributed by atoms with Crippen LogP contribution in [-0.2, 0) is 16.6 Å². The topological polar surface area (TPSA) is 88.2 Å². The Kier molecular flexibility index (Phi) is 7.77. The minimum atomic E-state index is -0.770. The van der Waals surface area contributed by atoms with Crippen molar-refractivity contribution in [1.82, 2.24) is 15.0 Å². The van der Waals surface area contributed by atoms with Gasteiger partial charge in [0.05, 0.1) is 5.92 Å². The molecule has 178 valence electrons. The normalized spacial score (nSPS) is 13.0. The summed E-state index contributed by atoms with van der Waals surface area (Å²) in [6.07, 6.45) is 5.35. The third kappa shape index (κ3) is 6.34. The molecule has 3 aromatic rings. The van der Waals surface area contributed by atoms with E-state index >= 15 is 0 Å². The van der Waals surface area contributed by atoms with Crippen LogP contribution >= 0.6 is 0 Å². The molecule has 2 aromatic carbocycles. The SMILES string of the molecule is CC(C)CCCCCC(Cc1cc(-n2nc3ccccc3n2)c(O)c(C(C)(C)C)c1)C(=O)O. The lowest BCUT2D eigenvalue weighted by Crippen LogP contribution is -2.18. The van der Waals surface area contributed by atoms with Crippen molar-refractivity contribution in [1.29, 1.82) is 0 Å². The number of unbranched alkanes of at least 4 members (excludes halogenated alkanes) is 2. The Hall–Kier alpha value is -2.89. The number of rotatable bonds is 10. The molecule has 0 aliphatic rings. The van der Waals surface area contributed by atoms with Gasteiger partial charge < -0.3 is 10.2 Å². The fourth-order valence-corrected chi connectivity index (χ4v) is 4.20. The average Bonchev–Trinajstić information content (AvgIpc) is 3.16. The molecule has 33 heavy (non-hydrogen) atoms. The number of carboxylic acids is 1. The minimum Gasteiger partial charge on any atom is -0.505 e. The van der Waals surface area contributed by atoms with E-state index in [1.165, 1.54) is 11.2 Å². The monoisotopic (exact) mass is 451 g/mol. The molecular formula is C27H37N3O3. The summed E-state index contributed by atoms with van der Waals surface area (Å²) < 4.78 is 0. The molecule has 6 nitrogen and oxygen atoms in total. The predicted molar refractivity (Wildman–Crippen MR) is 132 cm³/mol. The Bertz CT molecular complexity index is 1060. The molecule has 0 saturated carbocycles. The van der Waals surface area contributed by atoms with Crippen molar-refractivity contribution in [2.75, 3.05) is 0 Å². The van der Waals surface area contributed by atoms with Crippen molar-refractivity contribution >= 4 is 17.0 Å². The largest absolute Gasteiger partial charge is 0.505 e. The lowest BCUT2D eigenvalue weighted by atomic mass is 9.83. The molecule has 0 saturated heterocycles. The number of phenols is 1. The lowest BCUT2D eigenvalue weighted by molar-refractivity contribution is -0.142. The summed E-state index contributed by atoms with van der Waals surface area (Å²) in [6, 6.07) is 11.3. The van der Waals surface area contributed by atoms with Crippen LogP contribution < -0.4 is 0 Å². The van der Waals surface area contributed by atoms with Gasteiger partial charge in [0, 0.05) is 5.56 Å². The summed E-state index contributed by atoms with van der Waals surface area (Å²) in [6.45, 7) is 10.5. The van der Waals surface area contributed by atoms with Gasteiger partial charge in [0.15, 0.2) is 0 Å². The van der Waals surface area contributed by atoms with E-state index in [4.69, 9.17) is 0 Å². The van der Waals surface area contributed by atoms with Gasteiger partial charge in [-0.3, -0.25) is 4.79 Å². The number of fused-ring (bicyclic) bond motifs is 1. The number of nitrogens with zero attached hydrogens (tertiary/aromatic N) is 3. The number of carbonyl (C=O) groups is 1. The molecule has 0 radical (unpaired) electrons. The van der Waals surface area contributed by atoms with E-state index in [0.29, 0.717) is 24.4 Å². The summed E-state index contributed by atoms with van der Waals surface area (Å²) >= 11 is 0. The van der Waals surface area contributed by atoms with Crippen LogP contribution in [-0.4, -0.2) is 31.2 Å². The lowest BCUT2D eigenvalue weighted by Gasteiger charge is -2.24. The van der Waals surface area contributed by atoms with Crippen LogP contribution in [0, 0.1) is 11.8 Å². The number of benzene rings is 2. The van der Waals surface area contributed by atoms with Crippen LogP contribution in [0.3, 0.4) is 0 Å². The van der Waals surface area contributed by atoms with Gasteiger partial charge in [0.1, 0.15) is 22.5 Å². The quantitative estimate of drug-likeness (QED) is 0.355. The summed E-state index contributed by atoms with van der Waals surface area (Å²) in [4.78, 5) is 13.5. The number of aromatic hydroxyl groups is 1. The zero-order valence-electron chi connectivity index (χ0n) is 20.5. The second-order valence-corrected chi connectivity index (χ2v) is 10.5. The van der Waals surface area contributed by atoms with Crippen LogP contribution in [0.2, 0.25) is 0 Å². The summed E-state index contributed by atoms with van der Waals surface area (Å²) in [5.74, 6) is -0.418. The highest BCUT2D eigenvalue weighted by Gasteiger charge is 2.25. The first kappa shape index (κ1) is 24.7. The molecule has 1 atom stereocenters. The van der Waals surface area contributed by atoms with Crippen molar-refractivity contribution < 1.29 is 15.0 Å². The summed E-state index contributed by atoms with van der Waals surface area (Å²) in [5.41, 5.74) is 3.28. The van der Waals surface area contributed by atoms with Crippen molar-refractivity contribution in [3.8, 4) is 11.4 Å². The van der Waals surface area contributed by atoms with Gasteiger partial charge in [0.25, 0.3) is 0 Å². The highest BCUT2D eigenvalue weighted by molar-refractivity contribution is 5.74. The molecule has 3 rings (SSSR count). The molecule has 0 spiro atoms. The van der Waals surface area contributed by atoms with E-state index < -0.39 is 11.9 Å². The van der Waals surface area contributed by atoms with E-state index in [-0.39, 0.29) is 11.2 Å². The molecule has 1 unspecified atom stereocenters. The molecule has 1 aromatic heterocycles. The standard InChI is InChI=1S/C27H37N3O3/c1-18(2)11-7-6-8-12-20(26(32)33)15-19-16-21(27(3,4)5)25(31)24(17-19)30-28-22-13-9-10-14-23(22)29-30/h9-10,13-14,16-18,20,31H,6-8,11-12,15H2,1-5H3,(H,32,33). The van der Waals surface area contributed by atoms with E-state index in [2.05, 4.69) is 24.0 Å². The Balaban J connectivity index is 1.90. The van der Waals surface area contributed by atoms with Crippen molar-refractivity contribution in [3.05, 3.63) is 47.5 Å². The van der Waals surface area contributed by atoms with E-state index in [1.807, 2.05) is 57.2 Å². The maximum atomic E-state index is 12.0. The predicted octanol–water partition coefficient (Wildman–Crippen LogP) is 6.27. The van der Waals surface area contributed by atoms with Crippen molar-refractivity contribution in [2.45, 2.75) is 78.6 Å². The number of aliphatic carboxylic acids is 1. The maximum absolute atomic E-state index is 12.0. The molecule has 0 fully saturated rings. The van der Waals surface area contributed by atoms with Crippen LogP contribution in [0.4, 0.5) is 0 Å². The second kappa shape index (κ2) is 10.4. The molecule has 0 aliphatic carbocycles. The minimum absolute atomic E-state index is 0.132. The van der Waals surface area contributed by atoms with Crippen LogP contribution in [0.25, 0.3) is 16.7 Å². The van der Waals surface area contributed by atoms with Gasteiger partial charge in [-0.05, 0) is 47.9 Å². The Labute approximate surface area is 196 Å². The highest BCUT2D eigenvalue weighted by Crippen LogP contribution is 2.37. The maximum Gasteiger partial charge on any atom is 0.306 e. The first-order valence-electron chi connectivity index (χ1n) is 12.0. The second-order valence-electron chi connectivity index (χ2n) is 10.5. The first-order chi connectivity index (χ1) is 15.6. The molecule has 0 amide bonds. The van der Waals surface area contributed by atoms with E-state index in [9.17, 15) is 15.0 Å². The van der Waals surface area contributed by atoms with Crippen LogP contribution in [0.5, 0.6) is 5.75 Å². The molecular weight excluding hydrogens is 414 g/mol. The van der Waals surface area contributed by atoms with E-state index in [1.54, 1.807) is 0 Å². The highest BCUT2D eigenvalue weighted by atomic mass is 16.4. The van der Waals surface area contributed by atoms with Gasteiger partial charge in [-0.2, -0.15) is 0 Å². The van der Waals surface area contributed by atoms with Gasteiger partial charge in [-0.1, -0.05) is 78.5 Å². The van der Waals surface area contributed by atoms with Crippen molar-refractivity contribution in [3.63, 3.8) is 0 Å². The van der Waals surface area contributed by atoms with Gasteiger partial charge in [-0.15, -0.1) is 15.0 Å². The van der Waals surface area contributed by atoms with E-state index in [0.717, 1.165) is 41.4 Å². The molecule has 0 aliphatic heterocycles. The Morgan fingerprint density at radius 2 is 1.61 bits per heavy atom. The fourth-order valence-electron chi connectivity index (χ4n) is 4.20. The zero-order chi connectivity index (χ0) is 24.2. The Morgan fingerprint density at radius 3 is 2.15 bits per heavy atom. The number of aromatic nitrogens is 3.